The molecule has 0 spiro atoms. The number of anilines is 1. The van der Waals surface area contributed by atoms with Gasteiger partial charge in [-0.15, -0.1) is 0 Å². The van der Waals surface area contributed by atoms with E-state index in [2.05, 4.69) is 31.1 Å². The minimum atomic E-state index is -0.0151. The van der Waals surface area contributed by atoms with Gasteiger partial charge in [-0.05, 0) is 32.9 Å². The number of hydrogen-bond acceptors (Lipinski definition) is 2. The predicted octanol–water partition coefficient (Wildman–Crippen LogP) is 4.10. The first-order valence-electron chi connectivity index (χ1n) is 5.29. The Bertz CT molecular complexity index is 515. The number of rotatable bonds is 1. The first-order valence-corrected chi connectivity index (χ1v) is 5.67. The van der Waals surface area contributed by atoms with Crippen molar-refractivity contribution in [3.05, 3.63) is 35.4 Å². The molecule has 3 heteroatoms. The van der Waals surface area contributed by atoms with E-state index in [9.17, 15) is 0 Å². The lowest BCUT2D eigenvalue weighted by molar-refractivity contribution is 0.631. The average Bonchev–Trinajstić information content (AvgIpc) is 2.15. The van der Waals surface area contributed by atoms with E-state index in [0.717, 1.165) is 21.7 Å². The van der Waals surface area contributed by atoms with E-state index in [1.54, 1.807) is 0 Å². The summed E-state index contributed by atoms with van der Waals surface area (Å²) in [5, 5.41) is 5.04. The summed E-state index contributed by atoms with van der Waals surface area (Å²) in [6.45, 7) is 6.29. The third-order valence-electron chi connectivity index (χ3n) is 2.17. The lowest BCUT2D eigenvalue weighted by Crippen LogP contribution is -2.26. The highest BCUT2D eigenvalue weighted by Crippen LogP contribution is 2.26. The van der Waals surface area contributed by atoms with Crippen LogP contribution in [-0.2, 0) is 0 Å². The molecule has 2 nitrogen and oxygen atoms in total. The molecular weight excluding hydrogens is 220 g/mol. The highest BCUT2D eigenvalue weighted by Gasteiger charge is 2.11. The second-order valence-corrected chi connectivity index (χ2v) is 5.29. The van der Waals surface area contributed by atoms with Crippen LogP contribution in [0.15, 0.2) is 30.3 Å². The molecule has 0 aliphatic heterocycles. The van der Waals surface area contributed by atoms with Crippen LogP contribution >= 0.6 is 11.6 Å². The molecule has 2 aromatic rings. The van der Waals surface area contributed by atoms with Gasteiger partial charge in [0.15, 0.2) is 0 Å². The summed E-state index contributed by atoms with van der Waals surface area (Å²) < 4.78 is 0. The molecule has 0 fully saturated rings. The van der Waals surface area contributed by atoms with Crippen molar-refractivity contribution in [2.24, 2.45) is 0 Å². The molecule has 1 aromatic carbocycles. The summed E-state index contributed by atoms with van der Waals surface area (Å²) in [5.74, 6) is 0.816. The maximum absolute atomic E-state index is 6.21. The molecule has 0 aliphatic rings. The molecule has 0 amide bonds. The Balaban J connectivity index is 2.50. The highest BCUT2D eigenvalue weighted by molar-refractivity contribution is 6.35. The zero-order valence-corrected chi connectivity index (χ0v) is 10.5. The number of nitrogens with one attached hydrogen (secondary N) is 1. The first kappa shape index (κ1) is 11.2. The monoisotopic (exact) mass is 234 g/mol. The summed E-state index contributed by atoms with van der Waals surface area (Å²) >= 11 is 6.21. The van der Waals surface area contributed by atoms with Gasteiger partial charge in [-0.25, -0.2) is 4.98 Å². The largest absolute Gasteiger partial charge is 0.365 e. The zero-order valence-electron chi connectivity index (χ0n) is 9.71. The van der Waals surface area contributed by atoms with Crippen LogP contribution in [0.2, 0.25) is 5.02 Å². The highest BCUT2D eigenvalue weighted by atomic mass is 35.5. The molecule has 0 unspecified atom stereocenters. The van der Waals surface area contributed by atoms with Gasteiger partial charge in [0, 0.05) is 10.9 Å². The number of aromatic nitrogens is 1. The second-order valence-electron chi connectivity index (χ2n) is 4.88. The fraction of sp³-hybridized carbons (Fsp3) is 0.308. The quantitative estimate of drug-likeness (QED) is 0.804. The van der Waals surface area contributed by atoms with Gasteiger partial charge in [-0.1, -0.05) is 29.8 Å². The Morgan fingerprint density at radius 1 is 1.19 bits per heavy atom. The molecule has 0 saturated carbocycles. The van der Waals surface area contributed by atoms with Crippen LogP contribution in [-0.4, -0.2) is 10.5 Å². The number of pyridine rings is 1. The summed E-state index contributed by atoms with van der Waals surface area (Å²) in [6.07, 6.45) is 0. The summed E-state index contributed by atoms with van der Waals surface area (Å²) in [5.41, 5.74) is 0.903. The van der Waals surface area contributed by atoms with E-state index < -0.39 is 0 Å². The molecule has 0 atom stereocenters. The molecule has 0 bridgehead atoms. The molecule has 0 aliphatic carbocycles. The van der Waals surface area contributed by atoms with Crippen LogP contribution in [0.25, 0.3) is 10.9 Å². The van der Waals surface area contributed by atoms with Crippen LogP contribution in [0.4, 0.5) is 5.82 Å². The van der Waals surface area contributed by atoms with Crippen molar-refractivity contribution in [2.75, 3.05) is 5.32 Å². The van der Waals surface area contributed by atoms with Crippen LogP contribution < -0.4 is 5.32 Å². The van der Waals surface area contributed by atoms with Gasteiger partial charge in [-0.2, -0.15) is 0 Å². The van der Waals surface area contributed by atoms with E-state index in [1.807, 2.05) is 30.3 Å². The van der Waals surface area contributed by atoms with Gasteiger partial charge in [0.05, 0.1) is 10.5 Å². The van der Waals surface area contributed by atoms with Crippen molar-refractivity contribution in [1.82, 2.24) is 4.98 Å². The van der Waals surface area contributed by atoms with Crippen molar-refractivity contribution < 1.29 is 0 Å². The second kappa shape index (κ2) is 3.95. The standard InChI is InChI=1S/C13H15ClN2/c1-13(2,3)16-12-8-10(14)9-6-4-5-7-11(9)15-12/h4-8H,1-3H3,(H,15,16). The third-order valence-corrected chi connectivity index (χ3v) is 2.48. The number of para-hydroxylation sites is 1. The van der Waals surface area contributed by atoms with Crippen molar-refractivity contribution >= 4 is 28.3 Å². The summed E-state index contributed by atoms with van der Waals surface area (Å²) in [6, 6.07) is 9.75. The molecule has 1 heterocycles. The van der Waals surface area contributed by atoms with Crippen LogP contribution in [0, 0.1) is 0 Å². The van der Waals surface area contributed by atoms with E-state index in [1.165, 1.54) is 0 Å². The van der Waals surface area contributed by atoms with E-state index >= 15 is 0 Å². The fourth-order valence-corrected chi connectivity index (χ4v) is 1.84. The zero-order chi connectivity index (χ0) is 11.8. The van der Waals surface area contributed by atoms with Gasteiger partial charge in [-0.3, -0.25) is 0 Å². The SMILES string of the molecule is CC(C)(C)Nc1cc(Cl)c2ccccc2n1. The molecule has 0 radical (unpaired) electrons. The predicted molar refractivity (Wildman–Crippen MR) is 70.1 cm³/mol. The van der Waals surface area contributed by atoms with Crippen LogP contribution in [0.5, 0.6) is 0 Å². The van der Waals surface area contributed by atoms with Gasteiger partial charge >= 0.3 is 0 Å². The molecule has 1 aromatic heterocycles. The Labute approximate surface area is 101 Å². The van der Waals surface area contributed by atoms with Gasteiger partial charge in [0.1, 0.15) is 5.82 Å². The minimum absolute atomic E-state index is 0.0151. The molecular formula is C13H15ClN2. The maximum Gasteiger partial charge on any atom is 0.128 e. The number of hydrogen-bond donors (Lipinski definition) is 1. The molecule has 2 rings (SSSR count). The number of halogens is 1. The van der Waals surface area contributed by atoms with E-state index in [-0.39, 0.29) is 5.54 Å². The van der Waals surface area contributed by atoms with E-state index in [0.29, 0.717) is 0 Å². The Morgan fingerprint density at radius 3 is 2.56 bits per heavy atom. The Hall–Kier alpha value is -1.28. The van der Waals surface area contributed by atoms with Crippen molar-refractivity contribution in [3.8, 4) is 0 Å². The number of fused-ring (bicyclic) bond motifs is 1. The Morgan fingerprint density at radius 2 is 1.88 bits per heavy atom. The Kier molecular flexibility index (Phi) is 2.76. The van der Waals surface area contributed by atoms with Gasteiger partial charge < -0.3 is 5.32 Å². The summed E-state index contributed by atoms with van der Waals surface area (Å²) in [4.78, 5) is 4.53. The smallest absolute Gasteiger partial charge is 0.128 e. The normalized spacial score (nSPS) is 11.8. The first-order chi connectivity index (χ1) is 7.46. The van der Waals surface area contributed by atoms with Gasteiger partial charge in [0.2, 0.25) is 0 Å². The number of nitrogens with zero attached hydrogens (tertiary/aromatic N) is 1. The van der Waals surface area contributed by atoms with Gasteiger partial charge in [0.25, 0.3) is 0 Å². The average molecular weight is 235 g/mol. The van der Waals surface area contributed by atoms with Crippen molar-refractivity contribution in [3.63, 3.8) is 0 Å². The van der Waals surface area contributed by atoms with Crippen LogP contribution in [0.3, 0.4) is 0 Å². The topological polar surface area (TPSA) is 24.9 Å². The van der Waals surface area contributed by atoms with E-state index in [4.69, 9.17) is 11.6 Å². The lowest BCUT2D eigenvalue weighted by Gasteiger charge is -2.21. The van der Waals surface area contributed by atoms with Crippen LogP contribution in [0.1, 0.15) is 20.8 Å². The molecule has 0 saturated heterocycles. The number of benzene rings is 1. The molecule has 1 N–H and O–H groups in total. The lowest BCUT2D eigenvalue weighted by atomic mass is 10.1. The fourth-order valence-electron chi connectivity index (χ4n) is 1.58. The third kappa shape index (κ3) is 2.45. The maximum atomic E-state index is 6.21. The molecule has 84 valence electrons. The minimum Gasteiger partial charge on any atom is -0.365 e. The summed E-state index contributed by atoms with van der Waals surface area (Å²) in [7, 11) is 0. The molecule has 16 heavy (non-hydrogen) atoms. The van der Waals surface area contributed by atoms with Crippen molar-refractivity contribution in [1.29, 1.82) is 0 Å². The van der Waals surface area contributed by atoms with Crippen molar-refractivity contribution in [2.45, 2.75) is 26.3 Å².